The minimum absolute atomic E-state index is 0.282. The number of ether oxygens (including phenoxy) is 2. The second kappa shape index (κ2) is 7.06. The SMILES string of the molecule is CCOc1cc(N)cc(OC2CC(C)CCC2C(C)C)c1. The quantitative estimate of drug-likeness (QED) is 0.812. The Morgan fingerprint density at radius 1 is 1.19 bits per heavy atom. The molecule has 0 bridgehead atoms. The van der Waals surface area contributed by atoms with E-state index in [1.165, 1.54) is 12.8 Å². The van der Waals surface area contributed by atoms with Crippen molar-refractivity contribution in [3.05, 3.63) is 18.2 Å². The first-order chi connectivity index (χ1) is 9.99. The second-order valence-corrected chi connectivity index (χ2v) is 6.65. The maximum absolute atomic E-state index is 6.31. The molecule has 0 spiro atoms. The molecule has 1 saturated carbocycles. The van der Waals surface area contributed by atoms with Crippen LogP contribution in [-0.4, -0.2) is 12.7 Å². The number of anilines is 1. The zero-order valence-electron chi connectivity index (χ0n) is 13.8. The molecule has 0 heterocycles. The highest BCUT2D eigenvalue weighted by atomic mass is 16.5. The summed E-state index contributed by atoms with van der Waals surface area (Å²) in [4.78, 5) is 0. The predicted molar refractivity (Wildman–Crippen MR) is 87.8 cm³/mol. The molecule has 2 N–H and O–H groups in total. The maximum atomic E-state index is 6.31. The zero-order valence-corrected chi connectivity index (χ0v) is 13.8. The van der Waals surface area contributed by atoms with Crippen LogP contribution in [0.2, 0.25) is 0 Å². The highest BCUT2D eigenvalue weighted by molar-refractivity contribution is 5.50. The first-order valence-corrected chi connectivity index (χ1v) is 8.19. The molecule has 0 saturated heterocycles. The Kier molecular flexibility index (Phi) is 5.38. The fourth-order valence-corrected chi connectivity index (χ4v) is 3.34. The maximum Gasteiger partial charge on any atom is 0.125 e. The Morgan fingerprint density at radius 3 is 2.57 bits per heavy atom. The van der Waals surface area contributed by atoms with Crippen molar-refractivity contribution in [2.45, 2.75) is 53.1 Å². The van der Waals surface area contributed by atoms with E-state index in [9.17, 15) is 0 Å². The molecule has 3 nitrogen and oxygen atoms in total. The number of hydrogen-bond acceptors (Lipinski definition) is 3. The van der Waals surface area contributed by atoms with Gasteiger partial charge in [0.15, 0.2) is 0 Å². The predicted octanol–water partition coefficient (Wildman–Crippen LogP) is 4.51. The summed E-state index contributed by atoms with van der Waals surface area (Å²) < 4.78 is 11.9. The average molecular weight is 291 g/mol. The van der Waals surface area contributed by atoms with Crippen molar-refractivity contribution in [2.24, 2.45) is 17.8 Å². The first kappa shape index (κ1) is 16.0. The second-order valence-electron chi connectivity index (χ2n) is 6.65. The molecule has 2 rings (SSSR count). The topological polar surface area (TPSA) is 44.5 Å². The van der Waals surface area contributed by atoms with Gasteiger partial charge in [-0.1, -0.05) is 27.2 Å². The van der Waals surface area contributed by atoms with Gasteiger partial charge in [-0.2, -0.15) is 0 Å². The molecule has 3 heteroatoms. The van der Waals surface area contributed by atoms with Crippen LogP contribution in [0.3, 0.4) is 0 Å². The van der Waals surface area contributed by atoms with Crippen LogP contribution in [0.5, 0.6) is 11.5 Å². The molecule has 1 fully saturated rings. The van der Waals surface area contributed by atoms with Gasteiger partial charge in [0, 0.05) is 23.9 Å². The Balaban J connectivity index is 2.14. The average Bonchev–Trinajstić information content (AvgIpc) is 2.38. The van der Waals surface area contributed by atoms with Crippen LogP contribution in [0.15, 0.2) is 18.2 Å². The molecule has 1 aromatic rings. The van der Waals surface area contributed by atoms with Gasteiger partial charge in [0.25, 0.3) is 0 Å². The molecule has 0 aliphatic heterocycles. The zero-order chi connectivity index (χ0) is 15.4. The number of hydrogen-bond donors (Lipinski definition) is 1. The monoisotopic (exact) mass is 291 g/mol. The molecular formula is C18H29NO2. The first-order valence-electron chi connectivity index (χ1n) is 8.19. The van der Waals surface area contributed by atoms with Crippen LogP contribution in [0.1, 0.15) is 47.0 Å². The van der Waals surface area contributed by atoms with Gasteiger partial charge in [-0.25, -0.2) is 0 Å². The lowest BCUT2D eigenvalue weighted by atomic mass is 9.75. The molecule has 0 radical (unpaired) electrons. The summed E-state index contributed by atoms with van der Waals surface area (Å²) in [6, 6.07) is 5.70. The Bertz CT molecular complexity index is 459. The fourth-order valence-electron chi connectivity index (χ4n) is 3.34. The molecule has 1 aliphatic rings. The third kappa shape index (κ3) is 4.29. The van der Waals surface area contributed by atoms with Gasteiger partial charge < -0.3 is 15.2 Å². The lowest BCUT2D eigenvalue weighted by Crippen LogP contribution is -2.36. The molecular weight excluding hydrogens is 262 g/mol. The van der Waals surface area contributed by atoms with E-state index in [0.29, 0.717) is 24.1 Å². The molecule has 3 atom stereocenters. The van der Waals surface area contributed by atoms with Gasteiger partial charge in [-0.3, -0.25) is 0 Å². The molecule has 3 unspecified atom stereocenters. The van der Waals surface area contributed by atoms with Gasteiger partial charge in [0.2, 0.25) is 0 Å². The summed E-state index contributed by atoms with van der Waals surface area (Å²) >= 11 is 0. The summed E-state index contributed by atoms with van der Waals surface area (Å²) in [7, 11) is 0. The van der Waals surface area contributed by atoms with Crippen LogP contribution >= 0.6 is 0 Å². The molecule has 0 aromatic heterocycles. The number of rotatable bonds is 5. The minimum atomic E-state index is 0.282. The molecule has 21 heavy (non-hydrogen) atoms. The summed E-state index contributed by atoms with van der Waals surface area (Å²) in [6.07, 6.45) is 3.97. The molecule has 1 aromatic carbocycles. The summed E-state index contributed by atoms with van der Waals surface area (Å²) in [5, 5.41) is 0. The van der Waals surface area contributed by atoms with Crippen LogP contribution in [-0.2, 0) is 0 Å². The molecule has 1 aliphatic carbocycles. The summed E-state index contributed by atoms with van der Waals surface area (Å²) in [6.45, 7) is 9.52. The van der Waals surface area contributed by atoms with E-state index < -0.39 is 0 Å². The highest BCUT2D eigenvalue weighted by Crippen LogP contribution is 2.37. The van der Waals surface area contributed by atoms with Gasteiger partial charge in [-0.15, -0.1) is 0 Å². The molecule has 118 valence electrons. The van der Waals surface area contributed by atoms with Crippen LogP contribution in [0, 0.1) is 17.8 Å². The fraction of sp³-hybridized carbons (Fsp3) is 0.667. The van der Waals surface area contributed by atoms with Gasteiger partial charge in [0.05, 0.1) is 6.61 Å². The number of nitrogen functional groups attached to an aromatic ring is 1. The highest BCUT2D eigenvalue weighted by Gasteiger charge is 2.32. The van der Waals surface area contributed by atoms with Crippen molar-refractivity contribution in [3.63, 3.8) is 0 Å². The van der Waals surface area contributed by atoms with Crippen molar-refractivity contribution in [2.75, 3.05) is 12.3 Å². The minimum Gasteiger partial charge on any atom is -0.494 e. The van der Waals surface area contributed by atoms with E-state index in [2.05, 4.69) is 20.8 Å². The number of benzene rings is 1. The van der Waals surface area contributed by atoms with Crippen molar-refractivity contribution >= 4 is 5.69 Å². The normalized spacial score (nSPS) is 25.9. The third-order valence-electron chi connectivity index (χ3n) is 4.46. The van der Waals surface area contributed by atoms with E-state index in [4.69, 9.17) is 15.2 Å². The van der Waals surface area contributed by atoms with Gasteiger partial charge in [0.1, 0.15) is 17.6 Å². The summed E-state index contributed by atoms with van der Waals surface area (Å²) in [5.74, 6) is 3.63. The van der Waals surface area contributed by atoms with Crippen molar-refractivity contribution in [1.82, 2.24) is 0 Å². The number of nitrogens with two attached hydrogens (primary N) is 1. The standard InChI is InChI=1S/C18H29NO2/c1-5-20-15-9-14(19)10-16(11-15)21-18-8-13(4)6-7-17(18)12(2)3/h9-13,17-18H,5-8,19H2,1-4H3. The van der Waals surface area contributed by atoms with E-state index in [-0.39, 0.29) is 6.10 Å². The smallest absolute Gasteiger partial charge is 0.125 e. The van der Waals surface area contributed by atoms with Crippen LogP contribution < -0.4 is 15.2 Å². The van der Waals surface area contributed by atoms with E-state index in [1.807, 2.05) is 25.1 Å². The van der Waals surface area contributed by atoms with Crippen molar-refractivity contribution in [1.29, 1.82) is 0 Å². The Morgan fingerprint density at radius 2 is 1.90 bits per heavy atom. The van der Waals surface area contributed by atoms with Crippen LogP contribution in [0.4, 0.5) is 5.69 Å². The summed E-state index contributed by atoms with van der Waals surface area (Å²) in [5.41, 5.74) is 6.65. The Hall–Kier alpha value is -1.38. The largest absolute Gasteiger partial charge is 0.494 e. The van der Waals surface area contributed by atoms with Crippen LogP contribution in [0.25, 0.3) is 0 Å². The van der Waals surface area contributed by atoms with Gasteiger partial charge in [-0.05, 0) is 37.5 Å². The van der Waals surface area contributed by atoms with E-state index >= 15 is 0 Å². The third-order valence-corrected chi connectivity index (χ3v) is 4.46. The lowest BCUT2D eigenvalue weighted by molar-refractivity contribution is 0.0459. The Labute approximate surface area is 128 Å². The van der Waals surface area contributed by atoms with E-state index in [0.717, 1.165) is 23.8 Å². The molecule has 0 amide bonds. The van der Waals surface area contributed by atoms with E-state index in [1.54, 1.807) is 0 Å². The van der Waals surface area contributed by atoms with Gasteiger partial charge >= 0.3 is 0 Å². The van der Waals surface area contributed by atoms with Crippen molar-refractivity contribution < 1.29 is 9.47 Å². The van der Waals surface area contributed by atoms with Crippen molar-refractivity contribution in [3.8, 4) is 11.5 Å². The lowest BCUT2D eigenvalue weighted by Gasteiger charge is -2.37.